The number of thiocarbonyl (C=S) groups is 1. The molecular formula is C9H23N5S2. The molecular weight excluding hydrogens is 242 g/mol. The topological polar surface area (TPSA) is 79.3 Å². The predicted molar refractivity (Wildman–Crippen MR) is 77.0 cm³/mol. The van der Waals surface area contributed by atoms with Crippen LogP contribution >= 0.6 is 24.8 Å². The van der Waals surface area contributed by atoms with Crippen LogP contribution in [0.15, 0.2) is 0 Å². The fourth-order valence-electron chi connectivity index (χ4n) is 1.19. The highest BCUT2D eigenvalue weighted by molar-refractivity contribution is 8.10. The lowest BCUT2D eigenvalue weighted by atomic mass is 10.4. The number of nitrogens with two attached hydrogens (primary N) is 2. The summed E-state index contributed by atoms with van der Waals surface area (Å²) >= 11 is 9.25. The first kappa shape index (κ1) is 16.1. The molecule has 0 radical (unpaired) electrons. The van der Waals surface area contributed by atoms with Crippen molar-refractivity contribution in [3.8, 4) is 0 Å². The number of hydrogen-bond acceptors (Lipinski definition) is 5. The van der Waals surface area contributed by atoms with Crippen LogP contribution in [0.4, 0.5) is 0 Å². The van der Waals surface area contributed by atoms with E-state index in [1.807, 2.05) is 4.90 Å². The molecule has 0 aromatic heterocycles. The number of hydrogen-bond donors (Lipinski definition) is 5. The third-order valence-electron chi connectivity index (χ3n) is 2.03. The predicted octanol–water partition coefficient (Wildman–Crippen LogP) is -1.40. The van der Waals surface area contributed by atoms with Crippen molar-refractivity contribution in [1.82, 2.24) is 15.5 Å². The summed E-state index contributed by atoms with van der Waals surface area (Å²) in [5.74, 6) is 0. The SMILES string of the molecule is NCCNCCN(CCNCCN)C(=S)S. The number of nitrogens with zero attached hydrogens (tertiary/aromatic N) is 1. The van der Waals surface area contributed by atoms with Crippen LogP contribution in [0, 0.1) is 0 Å². The molecule has 0 rings (SSSR count). The first-order chi connectivity index (χ1) is 7.72. The number of nitrogens with one attached hydrogen (secondary N) is 2. The van der Waals surface area contributed by atoms with Gasteiger partial charge in [-0.05, 0) is 0 Å². The van der Waals surface area contributed by atoms with Crippen molar-refractivity contribution >= 4 is 29.2 Å². The van der Waals surface area contributed by atoms with Crippen LogP contribution in [-0.4, -0.2) is 61.6 Å². The maximum Gasteiger partial charge on any atom is 0.133 e. The molecule has 5 nitrogen and oxygen atoms in total. The zero-order chi connectivity index (χ0) is 12.2. The molecule has 7 heteroatoms. The van der Waals surface area contributed by atoms with Gasteiger partial charge in [0, 0.05) is 52.4 Å². The monoisotopic (exact) mass is 265 g/mol. The Balaban J connectivity index is 3.59. The molecule has 0 aliphatic rings. The molecule has 0 heterocycles. The van der Waals surface area contributed by atoms with Gasteiger partial charge in [0.25, 0.3) is 0 Å². The maximum atomic E-state index is 5.38. The number of rotatable bonds is 10. The lowest BCUT2D eigenvalue weighted by molar-refractivity contribution is 0.416. The van der Waals surface area contributed by atoms with E-state index in [0.29, 0.717) is 17.4 Å². The van der Waals surface area contributed by atoms with E-state index < -0.39 is 0 Å². The van der Waals surface area contributed by atoms with Crippen LogP contribution in [-0.2, 0) is 0 Å². The summed E-state index contributed by atoms with van der Waals surface area (Å²) < 4.78 is 0.629. The van der Waals surface area contributed by atoms with Crippen molar-refractivity contribution in [3.05, 3.63) is 0 Å². The molecule has 0 spiro atoms. The fraction of sp³-hybridized carbons (Fsp3) is 0.889. The van der Waals surface area contributed by atoms with Gasteiger partial charge in [0.05, 0.1) is 0 Å². The lowest BCUT2D eigenvalue weighted by Crippen LogP contribution is -2.39. The lowest BCUT2D eigenvalue weighted by Gasteiger charge is -2.22. The summed E-state index contributed by atoms with van der Waals surface area (Å²) in [6, 6.07) is 0. The molecule has 0 amide bonds. The van der Waals surface area contributed by atoms with E-state index in [4.69, 9.17) is 23.7 Å². The average Bonchev–Trinajstić information content (AvgIpc) is 2.26. The van der Waals surface area contributed by atoms with Crippen molar-refractivity contribution < 1.29 is 0 Å². The molecule has 0 fully saturated rings. The van der Waals surface area contributed by atoms with Gasteiger partial charge in [-0.3, -0.25) is 0 Å². The highest BCUT2D eigenvalue weighted by atomic mass is 32.1. The summed E-state index contributed by atoms with van der Waals surface area (Å²) in [5.41, 5.74) is 10.8. The Morgan fingerprint density at radius 2 is 1.44 bits per heavy atom. The molecule has 0 unspecified atom stereocenters. The van der Waals surface area contributed by atoms with Gasteiger partial charge in [-0.2, -0.15) is 0 Å². The quantitative estimate of drug-likeness (QED) is 0.190. The van der Waals surface area contributed by atoms with E-state index in [-0.39, 0.29) is 0 Å². The Morgan fingerprint density at radius 3 is 1.75 bits per heavy atom. The zero-order valence-corrected chi connectivity index (χ0v) is 11.3. The van der Waals surface area contributed by atoms with Crippen LogP contribution in [0.3, 0.4) is 0 Å². The van der Waals surface area contributed by atoms with Crippen molar-refractivity contribution in [2.75, 3.05) is 52.4 Å². The Kier molecular flexibility index (Phi) is 11.6. The molecule has 16 heavy (non-hydrogen) atoms. The Hall–Kier alpha value is 0.0800. The van der Waals surface area contributed by atoms with Gasteiger partial charge in [0.15, 0.2) is 0 Å². The molecule has 0 aromatic carbocycles. The van der Waals surface area contributed by atoms with Crippen molar-refractivity contribution in [3.63, 3.8) is 0 Å². The normalized spacial score (nSPS) is 10.4. The minimum absolute atomic E-state index is 0.629. The number of thiol groups is 1. The standard InChI is InChI=1S/C9H23N5S2/c10-1-3-12-5-7-14(9(15)16)8-6-13-4-2-11/h12-13H,1-8,10-11H2,(H,15,16). The summed E-state index contributed by atoms with van der Waals surface area (Å²) in [7, 11) is 0. The van der Waals surface area contributed by atoms with Gasteiger partial charge in [-0.15, -0.1) is 12.6 Å². The van der Waals surface area contributed by atoms with Crippen LogP contribution in [0.5, 0.6) is 0 Å². The smallest absolute Gasteiger partial charge is 0.133 e. The van der Waals surface area contributed by atoms with Crippen LogP contribution in [0.25, 0.3) is 0 Å². The van der Waals surface area contributed by atoms with Gasteiger partial charge in [-0.25, -0.2) is 0 Å². The molecule has 96 valence electrons. The summed E-state index contributed by atoms with van der Waals surface area (Å²) in [5, 5.41) is 6.44. The zero-order valence-electron chi connectivity index (χ0n) is 9.61. The Labute approximate surface area is 109 Å². The summed E-state index contributed by atoms with van der Waals surface area (Å²) in [6.07, 6.45) is 0. The van der Waals surface area contributed by atoms with Crippen LogP contribution in [0.2, 0.25) is 0 Å². The molecule has 0 atom stereocenters. The largest absolute Gasteiger partial charge is 0.355 e. The summed E-state index contributed by atoms with van der Waals surface area (Å²) in [4.78, 5) is 2.05. The molecule has 0 bridgehead atoms. The van der Waals surface area contributed by atoms with E-state index in [1.54, 1.807) is 0 Å². The Morgan fingerprint density at radius 1 is 1.00 bits per heavy atom. The highest BCUT2D eigenvalue weighted by Gasteiger charge is 2.04. The van der Waals surface area contributed by atoms with Gasteiger partial charge in [0.1, 0.15) is 4.32 Å². The van der Waals surface area contributed by atoms with Crippen molar-refractivity contribution in [2.45, 2.75) is 0 Å². The third kappa shape index (κ3) is 9.32. The molecule has 0 saturated heterocycles. The maximum absolute atomic E-state index is 5.38. The second kappa shape index (κ2) is 11.6. The van der Waals surface area contributed by atoms with Gasteiger partial charge in [-0.1, -0.05) is 12.2 Å². The van der Waals surface area contributed by atoms with Gasteiger partial charge in [0.2, 0.25) is 0 Å². The van der Waals surface area contributed by atoms with Crippen molar-refractivity contribution in [1.29, 1.82) is 0 Å². The molecule has 0 aromatic rings. The van der Waals surface area contributed by atoms with E-state index in [9.17, 15) is 0 Å². The van der Waals surface area contributed by atoms with E-state index in [1.165, 1.54) is 0 Å². The molecule has 0 aliphatic carbocycles. The average molecular weight is 265 g/mol. The van der Waals surface area contributed by atoms with E-state index in [2.05, 4.69) is 23.3 Å². The minimum atomic E-state index is 0.629. The molecule has 0 saturated carbocycles. The van der Waals surface area contributed by atoms with E-state index >= 15 is 0 Å². The van der Waals surface area contributed by atoms with Gasteiger partial charge < -0.3 is 27.0 Å². The second-order valence-corrected chi connectivity index (χ2v) is 4.46. The highest BCUT2D eigenvalue weighted by Crippen LogP contribution is 1.94. The van der Waals surface area contributed by atoms with Crippen LogP contribution < -0.4 is 22.1 Å². The molecule has 0 aliphatic heterocycles. The fourth-order valence-corrected chi connectivity index (χ4v) is 1.57. The second-order valence-electron chi connectivity index (χ2n) is 3.35. The first-order valence-electron chi connectivity index (χ1n) is 5.51. The van der Waals surface area contributed by atoms with Gasteiger partial charge >= 0.3 is 0 Å². The minimum Gasteiger partial charge on any atom is -0.355 e. The summed E-state index contributed by atoms with van der Waals surface area (Å²) in [6.45, 7) is 6.42. The van der Waals surface area contributed by atoms with E-state index in [0.717, 1.165) is 39.3 Å². The third-order valence-corrected chi connectivity index (χ3v) is 2.57. The van der Waals surface area contributed by atoms with Crippen molar-refractivity contribution in [2.24, 2.45) is 11.5 Å². The Bertz CT molecular complexity index is 167. The molecule has 6 N–H and O–H groups in total. The van der Waals surface area contributed by atoms with Crippen LogP contribution in [0.1, 0.15) is 0 Å². The first-order valence-corrected chi connectivity index (χ1v) is 6.37.